The predicted molar refractivity (Wildman–Crippen MR) is 83.8 cm³/mol. The van der Waals surface area contributed by atoms with Gasteiger partial charge in [-0.05, 0) is 18.3 Å². The third-order valence-corrected chi connectivity index (χ3v) is 4.13. The van der Waals surface area contributed by atoms with E-state index in [9.17, 15) is 9.59 Å². The fourth-order valence-electron chi connectivity index (χ4n) is 2.56. The van der Waals surface area contributed by atoms with Gasteiger partial charge in [-0.3, -0.25) is 14.5 Å². The fraction of sp³-hybridized carbons (Fsp3) is 0.867. The minimum atomic E-state index is -0.103. The Balaban J connectivity index is 2.40. The number of hydrogen-bond acceptors (Lipinski definition) is 4. The highest BCUT2D eigenvalue weighted by atomic mass is 16.2. The molecule has 1 aliphatic rings. The molecule has 1 unspecified atom stereocenters. The summed E-state index contributed by atoms with van der Waals surface area (Å²) >= 11 is 0. The second kappa shape index (κ2) is 7.75. The van der Waals surface area contributed by atoms with Crippen LogP contribution in [-0.2, 0) is 9.59 Å². The summed E-state index contributed by atoms with van der Waals surface area (Å²) in [4.78, 5) is 27.4. The van der Waals surface area contributed by atoms with Gasteiger partial charge in [-0.1, -0.05) is 20.8 Å². The molecule has 1 fully saturated rings. The first-order valence-electron chi connectivity index (χ1n) is 7.75. The lowest BCUT2D eigenvalue weighted by Gasteiger charge is -2.42. The largest absolute Gasteiger partial charge is 0.355 e. The number of carbonyl (C=O) groups is 2. The van der Waals surface area contributed by atoms with E-state index in [2.05, 4.69) is 24.1 Å². The van der Waals surface area contributed by atoms with Crippen LogP contribution in [0.1, 0.15) is 33.6 Å². The molecule has 1 atom stereocenters. The summed E-state index contributed by atoms with van der Waals surface area (Å²) in [6.07, 6.45) is 1.80. The van der Waals surface area contributed by atoms with Gasteiger partial charge in [0.1, 0.15) is 0 Å². The molecule has 0 aromatic rings. The van der Waals surface area contributed by atoms with E-state index in [-0.39, 0.29) is 29.8 Å². The molecular weight excluding hydrogens is 268 g/mol. The zero-order chi connectivity index (χ0) is 16.0. The number of likely N-dealkylation sites (tertiary alicyclic amines) is 1. The molecule has 0 spiro atoms. The SMILES string of the molecule is CCCNC(=O)CN(C)C(=O)CN1CCC(N)C(C)(C)C1. The number of nitrogens with two attached hydrogens (primary N) is 1. The Morgan fingerprint density at radius 2 is 2.10 bits per heavy atom. The fourth-order valence-corrected chi connectivity index (χ4v) is 2.56. The van der Waals surface area contributed by atoms with E-state index < -0.39 is 0 Å². The van der Waals surface area contributed by atoms with E-state index >= 15 is 0 Å². The van der Waals surface area contributed by atoms with Crippen LogP contribution in [0.2, 0.25) is 0 Å². The molecular formula is C15H30N4O2. The smallest absolute Gasteiger partial charge is 0.239 e. The Kier molecular flexibility index (Phi) is 6.61. The lowest BCUT2D eigenvalue weighted by molar-refractivity contribution is -0.136. The van der Waals surface area contributed by atoms with Crippen molar-refractivity contribution in [3.05, 3.63) is 0 Å². The highest BCUT2D eigenvalue weighted by Gasteiger charge is 2.34. The molecule has 21 heavy (non-hydrogen) atoms. The maximum atomic E-state index is 12.2. The average Bonchev–Trinajstić information content (AvgIpc) is 2.40. The summed E-state index contributed by atoms with van der Waals surface area (Å²) in [5.74, 6) is -0.124. The number of likely N-dealkylation sites (N-methyl/N-ethyl adjacent to an activating group) is 1. The summed E-state index contributed by atoms with van der Waals surface area (Å²) in [6, 6.07) is 0.182. The zero-order valence-electron chi connectivity index (χ0n) is 13.8. The van der Waals surface area contributed by atoms with E-state index in [4.69, 9.17) is 5.73 Å². The lowest BCUT2D eigenvalue weighted by atomic mass is 9.80. The summed E-state index contributed by atoms with van der Waals surface area (Å²) in [7, 11) is 1.68. The number of nitrogens with one attached hydrogen (secondary N) is 1. The zero-order valence-corrected chi connectivity index (χ0v) is 13.8. The molecule has 1 heterocycles. The second-order valence-corrected chi connectivity index (χ2v) is 6.69. The van der Waals surface area contributed by atoms with E-state index in [1.807, 2.05) is 6.92 Å². The molecule has 3 N–H and O–H groups in total. The quantitative estimate of drug-likeness (QED) is 0.725. The molecule has 0 aromatic heterocycles. The molecule has 0 aliphatic carbocycles. The monoisotopic (exact) mass is 298 g/mol. The molecule has 0 radical (unpaired) electrons. The molecule has 1 saturated heterocycles. The second-order valence-electron chi connectivity index (χ2n) is 6.69. The number of amides is 2. The Morgan fingerprint density at radius 1 is 1.43 bits per heavy atom. The number of rotatable bonds is 6. The molecule has 1 aliphatic heterocycles. The van der Waals surface area contributed by atoms with Crippen LogP contribution in [0.5, 0.6) is 0 Å². The Morgan fingerprint density at radius 3 is 2.67 bits per heavy atom. The van der Waals surface area contributed by atoms with Gasteiger partial charge in [-0.25, -0.2) is 0 Å². The lowest BCUT2D eigenvalue weighted by Crippen LogP contribution is -2.54. The van der Waals surface area contributed by atoms with Crippen molar-refractivity contribution in [1.29, 1.82) is 0 Å². The number of piperidine rings is 1. The maximum Gasteiger partial charge on any atom is 0.239 e. The molecule has 0 aromatic carbocycles. The molecule has 1 rings (SSSR count). The first-order valence-corrected chi connectivity index (χ1v) is 7.75. The van der Waals surface area contributed by atoms with Crippen LogP contribution in [-0.4, -0.2) is 67.4 Å². The van der Waals surface area contributed by atoms with Gasteiger partial charge >= 0.3 is 0 Å². The maximum absolute atomic E-state index is 12.2. The minimum absolute atomic E-state index is 0.0204. The van der Waals surface area contributed by atoms with Crippen LogP contribution in [0.15, 0.2) is 0 Å². The van der Waals surface area contributed by atoms with Crippen molar-refractivity contribution in [2.45, 2.75) is 39.7 Å². The van der Waals surface area contributed by atoms with E-state index in [1.54, 1.807) is 7.05 Å². The Labute approximate surface area is 128 Å². The van der Waals surface area contributed by atoms with Crippen molar-refractivity contribution in [1.82, 2.24) is 15.1 Å². The van der Waals surface area contributed by atoms with Gasteiger partial charge < -0.3 is 16.0 Å². The van der Waals surface area contributed by atoms with E-state index in [0.29, 0.717) is 13.1 Å². The first-order chi connectivity index (χ1) is 9.76. The number of hydrogen-bond donors (Lipinski definition) is 2. The van der Waals surface area contributed by atoms with Crippen molar-refractivity contribution >= 4 is 11.8 Å². The van der Waals surface area contributed by atoms with Gasteiger partial charge in [0.2, 0.25) is 11.8 Å². The first kappa shape index (κ1) is 17.9. The predicted octanol–water partition coefficient (Wildman–Crippen LogP) is 0.0302. The number of carbonyl (C=O) groups excluding carboxylic acids is 2. The molecule has 0 saturated carbocycles. The van der Waals surface area contributed by atoms with Crippen LogP contribution >= 0.6 is 0 Å². The van der Waals surface area contributed by atoms with Crippen LogP contribution in [0.25, 0.3) is 0 Å². The van der Waals surface area contributed by atoms with Gasteiger partial charge in [-0.2, -0.15) is 0 Å². The normalized spacial score (nSPS) is 21.9. The highest BCUT2D eigenvalue weighted by molar-refractivity contribution is 5.85. The molecule has 0 bridgehead atoms. The van der Waals surface area contributed by atoms with Gasteiger partial charge in [0.05, 0.1) is 13.1 Å². The van der Waals surface area contributed by atoms with E-state index in [1.165, 1.54) is 4.90 Å². The van der Waals surface area contributed by atoms with Crippen molar-refractivity contribution in [2.24, 2.45) is 11.1 Å². The van der Waals surface area contributed by atoms with Crippen molar-refractivity contribution in [3.63, 3.8) is 0 Å². The molecule has 6 nitrogen and oxygen atoms in total. The van der Waals surface area contributed by atoms with Crippen LogP contribution in [0.4, 0.5) is 0 Å². The van der Waals surface area contributed by atoms with Crippen LogP contribution < -0.4 is 11.1 Å². The Bertz CT molecular complexity index is 371. The topological polar surface area (TPSA) is 78.7 Å². The summed E-state index contributed by atoms with van der Waals surface area (Å²) < 4.78 is 0. The third kappa shape index (κ3) is 5.63. The Hall–Kier alpha value is -1.14. The molecule has 6 heteroatoms. The summed E-state index contributed by atoms with van der Waals surface area (Å²) in [5, 5.41) is 2.78. The van der Waals surface area contributed by atoms with Crippen LogP contribution in [0, 0.1) is 5.41 Å². The summed E-state index contributed by atoms with van der Waals surface area (Å²) in [6.45, 7) is 9.05. The third-order valence-electron chi connectivity index (χ3n) is 4.13. The molecule has 2 amide bonds. The highest BCUT2D eigenvalue weighted by Crippen LogP contribution is 2.27. The standard InChI is InChI=1S/C15H30N4O2/c1-5-7-17-13(20)9-18(4)14(21)10-19-8-6-12(16)15(2,3)11-19/h12H,5-11,16H2,1-4H3,(H,17,20). The molecule has 122 valence electrons. The summed E-state index contributed by atoms with van der Waals surface area (Å²) in [5.41, 5.74) is 6.13. The van der Waals surface area contributed by atoms with Crippen LogP contribution in [0.3, 0.4) is 0 Å². The van der Waals surface area contributed by atoms with Gasteiger partial charge in [0.25, 0.3) is 0 Å². The van der Waals surface area contributed by atoms with Crippen molar-refractivity contribution < 1.29 is 9.59 Å². The number of nitrogens with zero attached hydrogens (tertiary/aromatic N) is 2. The van der Waals surface area contributed by atoms with Crippen molar-refractivity contribution in [2.75, 3.05) is 39.8 Å². The minimum Gasteiger partial charge on any atom is -0.355 e. The van der Waals surface area contributed by atoms with Gasteiger partial charge in [-0.15, -0.1) is 0 Å². The van der Waals surface area contributed by atoms with Crippen molar-refractivity contribution in [3.8, 4) is 0 Å². The van der Waals surface area contributed by atoms with Gasteiger partial charge in [0.15, 0.2) is 0 Å². The average molecular weight is 298 g/mol. The van der Waals surface area contributed by atoms with Gasteiger partial charge in [0, 0.05) is 32.7 Å². The van der Waals surface area contributed by atoms with E-state index in [0.717, 1.165) is 25.9 Å².